The molecule has 0 heterocycles. The van der Waals surface area contributed by atoms with E-state index in [-0.39, 0.29) is 31.0 Å². The fourth-order valence-corrected chi connectivity index (χ4v) is 3.27. The molecule has 0 aliphatic rings. The molecule has 0 aliphatic heterocycles. The number of hydrogen-bond donors (Lipinski definition) is 1. The van der Waals surface area contributed by atoms with Crippen molar-refractivity contribution in [2.75, 3.05) is 13.7 Å². The van der Waals surface area contributed by atoms with E-state index in [1.165, 1.54) is 0 Å². The molecule has 7 heteroatoms. The van der Waals surface area contributed by atoms with E-state index in [4.69, 9.17) is 21.1 Å². The van der Waals surface area contributed by atoms with Crippen LogP contribution in [0.2, 0.25) is 5.02 Å². The zero-order valence-electron chi connectivity index (χ0n) is 18.6. The summed E-state index contributed by atoms with van der Waals surface area (Å²) in [6, 6.07) is 13.7. The topological polar surface area (TPSA) is 67.9 Å². The molecule has 6 nitrogen and oxygen atoms in total. The highest BCUT2D eigenvalue weighted by Crippen LogP contribution is 2.21. The Morgan fingerprint density at radius 2 is 1.68 bits per heavy atom. The fourth-order valence-electron chi connectivity index (χ4n) is 3.07. The summed E-state index contributed by atoms with van der Waals surface area (Å²) in [5.74, 6) is 0.777. The summed E-state index contributed by atoms with van der Waals surface area (Å²) in [4.78, 5) is 27.6. The van der Waals surface area contributed by atoms with Crippen LogP contribution in [0.1, 0.15) is 39.2 Å². The quantitative estimate of drug-likeness (QED) is 0.553. The molecule has 2 rings (SSSR count). The Hall–Kier alpha value is -2.73. The average molecular weight is 447 g/mol. The number of benzene rings is 2. The first-order valence-corrected chi connectivity index (χ1v) is 10.9. The first-order chi connectivity index (χ1) is 14.9. The fraction of sp³-hybridized carbons (Fsp3) is 0.417. The highest BCUT2D eigenvalue weighted by molar-refractivity contribution is 6.31. The maximum Gasteiger partial charge on any atom is 0.261 e. The van der Waals surface area contributed by atoms with Crippen molar-refractivity contribution < 1.29 is 19.1 Å². The Morgan fingerprint density at radius 3 is 2.26 bits per heavy atom. The number of carbonyl (C=O) groups excluding carboxylic acids is 2. The van der Waals surface area contributed by atoms with E-state index >= 15 is 0 Å². The summed E-state index contributed by atoms with van der Waals surface area (Å²) in [7, 11) is 1.58. The number of hydrogen-bond acceptors (Lipinski definition) is 4. The summed E-state index contributed by atoms with van der Waals surface area (Å²) in [5, 5.41) is 3.53. The lowest BCUT2D eigenvalue weighted by atomic mass is 10.1. The van der Waals surface area contributed by atoms with E-state index in [0.717, 1.165) is 12.0 Å². The minimum absolute atomic E-state index is 0.0226. The molecule has 0 unspecified atom stereocenters. The largest absolute Gasteiger partial charge is 0.497 e. The van der Waals surface area contributed by atoms with Crippen LogP contribution in [0.3, 0.4) is 0 Å². The highest BCUT2D eigenvalue weighted by Gasteiger charge is 2.30. The van der Waals surface area contributed by atoms with E-state index in [1.807, 2.05) is 39.0 Å². The third-order valence-corrected chi connectivity index (χ3v) is 5.48. The van der Waals surface area contributed by atoms with Gasteiger partial charge in [0.25, 0.3) is 5.91 Å². The van der Waals surface area contributed by atoms with Gasteiger partial charge in [-0.1, -0.05) is 43.6 Å². The van der Waals surface area contributed by atoms with Crippen molar-refractivity contribution in [3.63, 3.8) is 0 Å². The molecule has 0 spiro atoms. The molecule has 31 heavy (non-hydrogen) atoms. The SMILES string of the molecule is CC[C@@H](C)NC(=O)[C@H](CC)N(Cc1ccccc1Cl)C(=O)COc1ccc(OC)cc1. The van der Waals surface area contributed by atoms with Crippen molar-refractivity contribution in [1.29, 1.82) is 0 Å². The van der Waals surface area contributed by atoms with Crippen LogP contribution in [0.25, 0.3) is 0 Å². The van der Waals surface area contributed by atoms with Gasteiger partial charge in [0, 0.05) is 17.6 Å². The molecular formula is C24H31ClN2O4. The van der Waals surface area contributed by atoms with E-state index in [2.05, 4.69) is 5.32 Å². The van der Waals surface area contributed by atoms with Gasteiger partial charge < -0.3 is 19.7 Å². The smallest absolute Gasteiger partial charge is 0.261 e. The van der Waals surface area contributed by atoms with Gasteiger partial charge in [-0.15, -0.1) is 0 Å². The summed E-state index contributed by atoms with van der Waals surface area (Å²) >= 11 is 6.33. The minimum atomic E-state index is -0.628. The Kier molecular flexibility index (Phi) is 9.66. The normalized spacial score (nSPS) is 12.5. The molecule has 1 N–H and O–H groups in total. The van der Waals surface area contributed by atoms with Gasteiger partial charge >= 0.3 is 0 Å². The lowest BCUT2D eigenvalue weighted by molar-refractivity contribution is -0.143. The van der Waals surface area contributed by atoms with Crippen LogP contribution < -0.4 is 14.8 Å². The van der Waals surface area contributed by atoms with Crippen LogP contribution >= 0.6 is 11.6 Å². The van der Waals surface area contributed by atoms with Crippen LogP contribution in [-0.4, -0.2) is 42.5 Å². The molecule has 0 saturated heterocycles. The number of rotatable bonds is 11. The molecule has 0 bridgehead atoms. The minimum Gasteiger partial charge on any atom is -0.497 e. The van der Waals surface area contributed by atoms with Gasteiger partial charge in [-0.05, 0) is 55.7 Å². The first-order valence-electron chi connectivity index (χ1n) is 10.5. The van der Waals surface area contributed by atoms with Crippen LogP contribution in [0.15, 0.2) is 48.5 Å². The van der Waals surface area contributed by atoms with Crippen molar-refractivity contribution in [3.05, 3.63) is 59.1 Å². The van der Waals surface area contributed by atoms with E-state index in [1.54, 1.807) is 42.3 Å². The Labute approximate surface area is 189 Å². The zero-order chi connectivity index (χ0) is 22.8. The second-order valence-corrected chi connectivity index (χ2v) is 7.73. The van der Waals surface area contributed by atoms with Gasteiger partial charge in [0.05, 0.1) is 7.11 Å². The van der Waals surface area contributed by atoms with Crippen LogP contribution in [0.4, 0.5) is 0 Å². The number of carbonyl (C=O) groups is 2. The van der Waals surface area contributed by atoms with Gasteiger partial charge in [-0.3, -0.25) is 9.59 Å². The summed E-state index contributed by atoms with van der Waals surface area (Å²) in [6.07, 6.45) is 1.28. The molecule has 0 saturated carbocycles. The van der Waals surface area contributed by atoms with E-state index in [0.29, 0.717) is 22.9 Å². The number of nitrogens with one attached hydrogen (secondary N) is 1. The Bertz CT molecular complexity index is 857. The van der Waals surface area contributed by atoms with Crippen LogP contribution in [-0.2, 0) is 16.1 Å². The van der Waals surface area contributed by atoms with Gasteiger partial charge in [-0.25, -0.2) is 0 Å². The molecule has 0 fully saturated rings. The predicted molar refractivity (Wildman–Crippen MR) is 122 cm³/mol. The highest BCUT2D eigenvalue weighted by atomic mass is 35.5. The van der Waals surface area contributed by atoms with Crippen molar-refractivity contribution in [2.24, 2.45) is 0 Å². The third kappa shape index (κ3) is 7.17. The number of halogens is 1. The maximum absolute atomic E-state index is 13.2. The Balaban J connectivity index is 2.20. The van der Waals surface area contributed by atoms with Crippen molar-refractivity contribution in [2.45, 2.75) is 52.2 Å². The molecular weight excluding hydrogens is 416 g/mol. The number of amides is 2. The van der Waals surface area contributed by atoms with Crippen molar-refractivity contribution in [3.8, 4) is 11.5 Å². The standard InChI is InChI=1S/C24H31ClN2O4/c1-5-17(3)26-24(29)22(6-2)27(15-18-9-7-8-10-21(18)25)23(28)16-31-20-13-11-19(30-4)12-14-20/h7-14,17,22H,5-6,15-16H2,1-4H3,(H,26,29)/t17-,22+/m1/s1. The summed E-state index contributed by atoms with van der Waals surface area (Å²) < 4.78 is 10.8. The summed E-state index contributed by atoms with van der Waals surface area (Å²) in [5.41, 5.74) is 0.775. The van der Waals surface area contributed by atoms with E-state index < -0.39 is 6.04 Å². The molecule has 2 aromatic carbocycles. The Morgan fingerprint density at radius 1 is 1.03 bits per heavy atom. The molecule has 0 aromatic heterocycles. The number of methoxy groups -OCH3 is 1. The third-order valence-electron chi connectivity index (χ3n) is 5.11. The average Bonchev–Trinajstić information content (AvgIpc) is 2.78. The van der Waals surface area contributed by atoms with Crippen LogP contribution in [0, 0.1) is 0 Å². The lowest BCUT2D eigenvalue weighted by Gasteiger charge is -2.31. The van der Waals surface area contributed by atoms with Crippen molar-refractivity contribution in [1.82, 2.24) is 10.2 Å². The predicted octanol–water partition coefficient (Wildman–Crippen LogP) is 4.45. The van der Waals surface area contributed by atoms with Gasteiger partial charge in [0.1, 0.15) is 17.5 Å². The van der Waals surface area contributed by atoms with E-state index in [9.17, 15) is 9.59 Å². The maximum atomic E-state index is 13.2. The number of ether oxygens (including phenoxy) is 2. The van der Waals surface area contributed by atoms with Gasteiger partial charge in [0.2, 0.25) is 5.91 Å². The zero-order valence-corrected chi connectivity index (χ0v) is 19.3. The number of nitrogens with zero attached hydrogens (tertiary/aromatic N) is 1. The molecule has 0 aliphatic carbocycles. The van der Waals surface area contributed by atoms with Crippen molar-refractivity contribution >= 4 is 23.4 Å². The lowest BCUT2D eigenvalue weighted by Crippen LogP contribution is -2.51. The monoisotopic (exact) mass is 446 g/mol. The molecule has 2 amide bonds. The van der Waals surface area contributed by atoms with Gasteiger partial charge in [0.15, 0.2) is 6.61 Å². The van der Waals surface area contributed by atoms with Crippen LogP contribution in [0.5, 0.6) is 11.5 Å². The molecule has 2 atom stereocenters. The first kappa shape index (κ1) is 24.5. The second kappa shape index (κ2) is 12.2. The summed E-state index contributed by atoms with van der Waals surface area (Å²) in [6.45, 7) is 5.86. The second-order valence-electron chi connectivity index (χ2n) is 7.32. The molecule has 168 valence electrons. The van der Waals surface area contributed by atoms with Gasteiger partial charge in [-0.2, -0.15) is 0 Å². The molecule has 0 radical (unpaired) electrons. The molecule has 2 aromatic rings.